The fraction of sp³-hybridized carbons (Fsp3) is 0.0769. The number of rotatable bonds is 1. The number of para-hydroxylation sites is 1. The van der Waals surface area contributed by atoms with Crippen molar-refractivity contribution in [1.29, 1.82) is 0 Å². The lowest BCUT2D eigenvalue weighted by atomic mass is 10.2. The Hall–Kier alpha value is -2.96. The predicted molar refractivity (Wildman–Crippen MR) is 71.3 cm³/mol. The van der Waals surface area contributed by atoms with Crippen molar-refractivity contribution < 1.29 is 4.42 Å². The number of hydrogen-bond acceptors (Lipinski definition) is 5. The molecule has 7 heteroatoms. The van der Waals surface area contributed by atoms with Gasteiger partial charge >= 0.3 is 5.69 Å². The molecule has 0 aliphatic carbocycles. The third-order valence-corrected chi connectivity index (χ3v) is 3.09. The van der Waals surface area contributed by atoms with Crippen LogP contribution < -0.4 is 5.69 Å². The lowest BCUT2D eigenvalue weighted by Gasteiger charge is -1.98. The molecular formula is C13H9N5O2. The molecule has 3 heterocycles. The first-order chi connectivity index (χ1) is 9.72. The Labute approximate surface area is 111 Å². The maximum absolute atomic E-state index is 12.0. The van der Waals surface area contributed by atoms with Gasteiger partial charge in [0, 0.05) is 12.3 Å². The second-order valence-corrected chi connectivity index (χ2v) is 4.43. The Bertz CT molecular complexity index is 995. The molecule has 1 N–H and O–H groups in total. The average molecular weight is 267 g/mol. The van der Waals surface area contributed by atoms with Crippen molar-refractivity contribution in [2.45, 2.75) is 6.92 Å². The number of fused-ring (bicyclic) bond motifs is 3. The summed E-state index contributed by atoms with van der Waals surface area (Å²) in [5, 5.41) is 12.8. The molecule has 3 aromatic heterocycles. The van der Waals surface area contributed by atoms with Gasteiger partial charge in [-0.2, -0.15) is 9.61 Å². The van der Waals surface area contributed by atoms with Crippen LogP contribution in [0.25, 0.3) is 28.0 Å². The van der Waals surface area contributed by atoms with E-state index >= 15 is 0 Å². The largest absolute Gasteiger partial charge is 0.420 e. The lowest BCUT2D eigenvalue weighted by Crippen LogP contribution is -2.17. The van der Waals surface area contributed by atoms with E-state index in [2.05, 4.69) is 20.3 Å². The van der Waals surface area contributed by atoms with E-state index in [1.54, 1.807) is 13.0 Å². The maximum Gasteiger partial charge on any atom is 0.347 e. The van der Waals surface area contributed by atoms with E-state index in [0.29, 0.717) is 23.0 Å². The minimum Gasteiger partial charge on any atom is -0.420 e. The second kappa shape index (κ2) is 3.77. The summed E-state index contributed by atoms with van der Waals surface area (Å²) in [5.41, 5.74) is 1.64. The van der Waals surface area contributed by atoms with E-state index in [4.69, 9.17) is 4.42 Å². The highest BCUT2D eigenvalue weighted by Gasteiger charge is 2.14. The van der Waals surface area contributed by atoms with Gasteiger partial charge in [-0.1, -0.05) is 18.2 Å². The number of nitrogens with one attached hydrogen (secondary N) is 1. The number of hydrogen-bond donors (Lipinski definition) is 1. The molecule has 0 aliphatic rings. The van der Waals surface area contributed by atoms with Crippen LogP contribution in [0, 0.1) is 6.92 Å². The standard InChI is InChI=1S/C13H9N5O2/c1-7-15-16-12(20-7)10-6-11-8-4-2-3-5-9(8)14-13(19)18(11)17-10/h2-6H,1H3,(H,14,19). The van der Waals surface area contributed by atoms with Crippen molar-refractivity contribution in [3.05, 3.63) is 46.7 Å². The lowest BCUT2D eigenvalue weighted by molar-refractivity contribution is 0.530. The molecule has 0 atom stereocenters. The molecule has 0 aliphatic heterocycles. The summed E-state index contributed by atoms with van der Waals surface area (Å²) in [7, 11) is 0. The number of H-pyrrole nitrogens is 1. The van der Waals surface area contributed by atoms with E-state index in [-0.39, 0.29) is 5.69 Å². The molecule has 0 spiro atoms. The summed E-state index contributed by atoms with van der Waals surface area (Å²) in [6.07, 6.45) is 0. The van der Waals surface area contributed by atoms with Gasteiger partial charge in [0.25, 0.3) is 5.89 Å². The van der Waals surface area contributed by atoms with Crippen LogP contribution in [0.15, 0.2) is 39.5 Å². The number of aromatic amines is 1. The van der Waals surface area contributed by atoms with Crippen LogP contribution in [0.2, 0.25) is 0 Å². The van der Waals surface area contributed by atoms with Crippen molar-refractivity contribution in [2.75, 3.05) is 0 Å². The van der Waals surface area contributed by atoms with Crippen LogP contribution in [0.4, 0.5) is 0 Å². The van der Waals surface area contributed by atoms with Gasteiger partial charge in [-0.15, -0.1) is 10.2 Å². The van der Waals surface area contributed by atoms with Crippen molar-refractivity contribution in [3.63, 3.8) is 0 Å². The van der Waals surface area contributed by atoms with Gasteiger partial charge in [0.1, 0.15) is 0 Å². The minimum absolute atomic E-state index is 0.301. The number of benzene rings is 1. The van der Waals surface area contributed by atoms with Crippen molar-refractivity contribution >= 4 is 16.4 Å². The zero-order valence-electron chi connectivity index (χ0n) is 10.5. The van der Waals surface area contributed by atoms with Gasteiger partial charge < -0.3 is 9.40 Å². The van der Waals surface area contributed by atoms with E-state index in [9.17, 15) is 4.79 Å². The third kappa shape index (κ3) is 1.46. The third-order valence-electron chi connectivity index (χ3n) is 3.09. The normalized spacial score (nSPS) is 11.4. The van der Waals surface area contributed by atoms with E-state index in [1.165, 1.54) is 4.52 Å². The summed E-state index contributed by atoms with van der Waals surface area (Å²) in [6, 6.07) is 9.31. The van der Waals surface area contributed by atoms with Crippen LogP contribution in [0.5, 0.6) is 0 Å². The maximum atomic E-state index is 12.0. The first-order valence-electron chi connectivity index (χ1n) is 6.04. The summed E-state index contributed by atoms with van der Waals surface area (Å²) in [4.78, 5) is 14.8. The highest BCUT2D eigenvalue weighted by Crippen LogP contribution is 2.22. The molecular weight excluding hydrogens is 258 g/mol. The fourth-order valence-corrected chi connectivity index (χ4v) is 2.22. The van der Waals surface area contributed by atoms with E-state index in [1.807, 2.05) is 24.3 Å². The summed E-state index contributed by atoms with van der Waals surface area (Å²) >= 11 is 0. The molecule has 0 fully saturated rings. The summed E-state index contributed by atoms with van der Waals surface area (Å²) in [6.45, 7) is 1.70. The molecule has 0 unspecified atom stereocenters. The van der Waals surface area contributed by atoms with Gasteiger partial charge in [-0.05, 0) is 12.1 Å². The Balaban J connectivity index is 2.10. The first-order valence-corrected chi connectivity index (χ1v) is 6.04. The molecule has 0 radical (unpaired) electrons. The fourth-order valence-electron chi connectivity index (χ4n) is 2.22. The van der Waals surface area contributed by atoms with Crippen LogP contribution in [-0.4, -0.2) is 24.8 Å². The van der Waals surface area contributed by atoms with Crippen molar-refractivity contribution in [1.82, 2.24) is 24.8 Å². The summed E-state index contributed by atoms with van der Waals surface area (Å²) < 4.78 is 6.64. The molecule has 4 rings (SSSR count). The molecule has 1 aromatic carbocycles. The highest BCUT2D eigenvalue weighted by molar-refractivity contribution is 5.94. The monoisotopic (exact) mass is 267 g/mol. The van der Waals surface area contributed by atoms with Gasteiger partial charge in [-0.25, -0.2) is 4.79 Å². The molecule has 0 saturated carbocycles. The van der Waals surface area contributed by atoms with Gasteiger partial charge in [0.15, 0.2) is 5.69 Å². The van der Waals surface area contributed by atoms with Gasteiger partial charge in [-0.3, -0.25) is 0 Å². The van der Waals surface area contributed by atoms with Crippen LogP contribution in [0.3, 0.4) is 0 Å². The molecule has 98 valence electrons. The number of aryl methyl sites for hydroxylation is 1. The average Bonchev–Trinajstić information content (AvgIpc) is 3.05. The van der Waals surface area contributed by atoms with Crippen LogP contribution in [-0.2, 0) is 0 Å². The van der Waals surface area contributed by atoms with Crippen LogP contribution in [0.1, 0.15) is 5.89 Å². The molecule has 0 saturated heterocycles. The minimum atomic E-state index is -0.304. The molecule has 4 aromatic rings. The smallest absolute Gasteiger partial charge is 0.347 e. The topological polar surface area (TPSA) is 89.1 Å². The molecule has 0 bridgehead atoms. The SMILES string of the molecule is Cc1nnc(-c2cc3c4ccccc4[nH]c(=O)n3n2)o1. The molecule has 0 amide bonds. The predicted octanol–water partition coefficient (Wildman–Crippen LogP) is 1.53. The van der Waals surface area contributed by atoms with E-state index < -0.39 is 0 Å². The zero-order chi connectivity index (χ0) is 13.7. The quantitative estimate of drug-likeness (QED) is 0.565. The zero-order valence-corrected chi connectivity index (χ0v) is 10.5. The Morgan fingerprint density at radius 1 is 1.25 bits per heavy atom. The Kier molecular flexibility index (Phi) is 2.06. The Morgan fingerprint density at radius 2 is 2.10 bits per heavy atom. The van der Waals surface area contributed by atoms with Crippen LogP contribution >= 0.6 is 0 Å². The van der Waals surface area contributed by atoms with Crippen molar-refractivity contribution in [3.8, 4) is 11.6 Å². The first kappa shape index (κ1) is 10.9. The highest BCUT2D eigenvalue weighted by atomic mass is 16.4. The number of nitrogens with zero attached hydrogens (tertiary/aromatic N) is 4. The number of aromatic nitrogens is 5. The molecule has 7 nitrogen and oxygen atoms in total. The summed E-state index contributed by atoms with van der Waals surface area (Å²) in [5.74, 6) is 0.755. The molecule has 20 heavy (non-hydrogen) atoms. The van der Waals surface area contributed by atoms with Gasteiger partial charge in [0.2, 0.25) is 5.89 Å². The van der Waals surface area contributed by atoms with Crippen molar-refractivity contribution in [2.24, 2.45) is 0 Å². The Morgan fingerprint density at radius 3 is 2.90 bits per heavy atom. The van der Waals surface area contributed by atoms with E-state index in [0.717, 1.165) is 10.9 Å². The second-order valence-electron chi connectivity index (χ2n) is 4.43. The van der Waals surface area contributed by atoms with Gasteiger partial charge in [0.05, 0.1) is 11.0 Å².